The summed E-state index contributed by atoms with van der Waals surface area (Å²) in [7, 11) is 0. The van der Waals surface area contributed by atoms with E-state index in [1.165, 1.54) is 5.56 Å². The molecule has 16 heavy (non-hydrogen) atoms. The van der Waals surface area contributed by atoms with E-state index in [4.69, 9.17) is 5.73 Å². The van der Waals surface area contributed by atoms with E-state index in [1.807, 2.05) is 24.0 Å². The van der Waals surface area contributed by atoms with Crippen LogP contribution in [0.2, 0.25) is 0 Å². The van der Waals surface area contributed by atoms with Crippen LogP contribution in [0.15, 0.2) is 12.4 Å². The Morgan fingerprint density at radius 2 is 2.50 bits per heavy atom. The fourth-order valence-corrected chi connectivity index (χ4v) is 2.69. The van der Waals surface area contributed by atoms with Gasteiger partial charge in [-0.25, -0.2) is 0 Å². The average molecular weight is 223 g/mol. The van der Waals surface area contributed by atoms with E-state index in [0.29, 0.717) is 5.92 Å². The van der Waals surface area contributed by atoms with Gasteiger partial charge in [0.25, 0.3) is 0 Å². The Balaban J connectivity index is 1.90. The second kappa shape index (κ2) is 4.55. The van der Waals surface area contributed by atoms with Crippen molar-refractivity contribution in [1.29, 1.82) is 0 Å². The standard InChI is InChI=1S/C12H21N3O/c1-10-7-14-15(8-10)6-4-11-3-2-5-12(11,13)9-16/h7-8,11,16H,2-6,9,13H2,1H3. The summed E-state index contributed by atoms with van der Waals surface area (Å²) in [6.07, 6.45) is 8.16. The molecule has 1 fully saturated rings. The van der Waals surface area contributed by atoms with Gasteiger partial charge in [0.2, 0.25) is 0 Å². The van der Waals surface area contributed by atoms with Crippen LogP contribution in [0.1, 0.15) is 31.2 Å². The predicted molar refractivity (Wildman–Crippen MR) is 62.9 cm³/mol. The number of hydrogen-bond acceptors (Lipinski definition) is 3. The lowest BCUT2D eigenvalue weighted by Crippen LogP contribution is -2.47. The van der Waals surface area contributed by atoms with Gasteiger partial charge in [-0.3, -0.25) is 4.68 Å². The monoisotopic (exact) mass is 223 g/mol. The summed E-state index contributed by atoms with van der Waals surface area (Å²) in [5.41, 5.74) is 7.03. The highest BCUT2D eigenvalue weighted by molar-refractivity contribution is 5.00. The summed E-state index contributed by atoms with van der Waals surface area (Å²) in [5.74, 6) is 0.432. The highest BCUT2D eigenvalue weighted by Gasteiger charge is 2.38. The number of nitrogens with zero attached hydrogens (tertiary/aromatic N) is 2. The molecule has 0 amide bonds. The maximum atomic E-state index is 9.35. The van der Waals surface area contributed by atoms with Gasteiger partial charge < -0.3 is 10.8 Å². The van der Waals surface area contributed by atoms with Crippen LogP contribution in [0.25, 0.3) is 0 Å². The Labute approximate surface area is 96.5 Å². The molecule has 0 aromatic carbocycles. The van der Waals surface area contributed by atoms with Gasteiger partial charge in [-0.15, -0.1) is 0 Å². The summed E-state index contributed by atoms with van der Waals surface area (Å²) in [4.78, 5) is 0. The van der Waals surface area contributed by atoms with E-state index in [0.717, 1.165) is 32.2 Å². The number of aryl methyl sites for hydroxylation is 2. The van der Waals surface area contributed by atoms with Gasteiger partial charge in [0.15, 0.2) is 0 Å². The van der Waals surface area contributed by atoms with Crippen molar-refractivity contribution in [1.82, 2.24) is 9.78 Å². The predicted octanol–water partition coefficient (Wildman–Crippen LogP) is 1.07. The number of hydrogen-bond donors (Lipinski definition) is 2. The van der Waals surface area contributed by atoms with E-state index in [2.05, 4.69) is 5.10 Å². The van der Waals surface area contributed by atoms with Crippen molar-refractivity contribution in [2.45, 2.75) is 44.7 Å². The zero-order valence-corrected chi connectivity index (χ0v) is 9.89. The fourth-order valence-electron chi connectivity index (χ4n) is 2.69. The molecule has 1 aromatic rings. The van der Waals surface area contributed by atoms with E-state index >= 15 is 0 Å². The summed E-state index contributed by atoms with van der Waals surface area (Å²) in [6.45, 7) is 3.05. The minimum absolute atomic E-state index is 0.107. The molecule has 2 rings (SSSR count). The van der Waals surface area contributed by atoms with Gasteiger partial charge >= 0.3 is 0 Å². The van der Waals surface area contributed by atoms with Crippen molar-refractivity contribution >= 4 is 0 Å². The molecule has 1 aliphatic carbocycles. The molecule has 0 aliphatic heterocycles. The van der Waals surface area contributed by atoms with E-state index < -0.39 is 0 Å². The smallest absolute Gasteiger partial charge is 0.0613 e. The fraction of sp³-hybridized carbons (Fsp3) is 0.750. The largest absolute Gasteiger partial charge is 0.394 e. The van der Waals surface area contributed by atoms with Crippen molar-refractivity contribution in [3.05, 3.63) is 18.0 Å². The molecule has 1 aromatic heterocycles. The van der Waals surface area contributed by atoms with Crippen molar-refractivity contribution in [3.63, 3.8) is 0 Å². The number of aromatic nitrogens is 2. The summed E-state index contributed by atoms with van der Waals surface area (Å²) in [6, 6.07) is 0. The second-order valence-electron chi connectivity index (χ2n) is 5.05. The first kappa shape index (κ1) is 11.6. The first-order valence-electron chi connectivity index (χ1n) is 6.03. The van der Waals surface area contributed by atoms with Gasteiger partial charge in [-0.05, 0) is 37.7 Å². The number of nitrogens with two attached hydrogens (primary N) is 1. The number of aliphatic hydroxyl groups excluding tert-OH is 1. The quantitative estimate of drug-likeness (QED) is 0.802. The first-order chi connectivity index (χ1) is 7.64. The Morgan fingerprint density at radius 1 is 1.69 bits per heavy atom. The van der Waals surface area contributed by atoms with Gasteiger partial charge in [0.05, 0.1) is 12.8 Å². The first-order valence-corrected chi connectivity index (χ1v) is 6.03. The zero-order valence-electron chi connectivity index (χ0n) is 9.89. The van der Waals surface area contributed by atoms with E-state index in [-0.39, 0.29) is 12.1 Å². The normalized spacial score (nSPS) is 29.8. The molecule has 2 unspecified atom stereocenters. The Kier molecular flexibility index (Phi) is 3.30. The van der Waals surface area contributed by atoms with Crippen molar-refractivity contribution in [2.75, 3.05) is 6.61 Å². The van der Waals surface area contributed by atoms with Crippen molar-refractivity contribution in [2.24, 2.45) is 11.7 Å². The van der Waals surface area contributed by atoms with Crippen LogP contribution in [0, 0.1) is 12.8 Å². The number of aliphatic hydroxyl groups is 1. The summed E-state index contributed by atoms with van der Waals surface area (Å²) < 4.78 is 1.96. The molecule has 3 N–H and O–H groups in total. The van der Waals surface area contributed by atoms with E-state index in [9.17, 15) is 5.11 Å². The number of rotatable bonds is 4. The van der Waals surface area contributed by atoms with Crippen LogP contribution in [-0.2, 0) is 6.54 Å². The van der Waals surface area contributed by atoms with Crippen LogP contribution in [0.5, 0.6) is 0 Å². The molecular formula is C12H21N3O. The Morgan fingerprint density at radius 3 is 3.12 bits per heavy atom. The topological polar surface area (TPSA) is 64.1 Å². The summed E-state index contributed by atoms with van der Waals surface area (Å²) in [5, 5.41) is 13.6. The molecule has 1 saturated carbocycles. The van der Waals surface area contributed by atoms with Gasteiger partial charge in [-0.1, -0.05) is 6.42 Å². The SMILES string of the molecule is Cc1cnn(CCC2CCCC2(N)CO)c1. The highest BCUT2D eigenvalue weighted by atomic mass is 16.3. The third-order valence-electron chi connectivity index (χ3n) is 3.77. The zero-order chi connectivity index (χ0) is 11.6. The molecular weight excluding hydrogens is 202 g/mol. The lowest BCUT2D eigenvalue weighted by molar-refractivity contribution is 0.152. The van der Waals surface area contributed by atoms with Crippen LogP contribution < -0.4 is 5.73 Å². The van der Waals surface area contributed by atoms with Crippen molar-refractivity contribution < 1.29 is 5.11 Å². The highest BCUT2D eigenvalue weighted by Crippen LogP contribution is 2.35. The third kappa shape index (κ3) is 2.28. The van der Waals surface area contributed by atoms with Crippen LogP contribution in [0.3, 0.4) is 0 Å². The maximum absolute atomic E-state index is 9.35. The lowest BCUT2D eigenvalue weighted by atomic mass is 9.86. The lowest BCUT2D eigenvalue weighted by Gasteiger charge is -2.29. The molecule has 1 aliphatic rings. The molecule has 1 heterocycles. The summed E-state index contributed by atoms with van der Waals surface area (Å²) >= 11 is 0. The second-order valence-corrected chi connectivity index (χ2v) is 5.05. The minimum atomic E-state index is -0.345. The Bertz CT molecular complexity index is 350. The van der Waals surface area contributed by atoms with Crippen LogP contribution in [0.4, 0.5) is 0 Å². The van der Waals surface area contributed by atoms with Gasteiger partial charge in [0, 0.05) is 18.3 Å². The molecule has 0 saturated heterocycles. The molecule has 2 atom stereocenters. The van der Waals surface area contributed by atoms with Gasteiger partial charge in [-0.2, -0.15) is 5.10 Å². The molecule has 0 spiro atoms. The van der Waals surface area contributed by atoms with E-state index in [1.54, 1.807) is 0 Å². The van der Waals surface area contributed by atoms with Crippen molar-refractivity contribution in [3.8, 4) is 0 Å². The van der Waals surface area contributed by atoms with Gasteiger partial charge in [0.1, 0.15) is 0 Å². The van der Waals surface area contributed by atoms with Crippen LogP contribution in [-0.4, -0.2) is 27.0 Å². The Hall–Kier alpha value is -0.870. The molecule has 4 nitrogen and oxygen atoms in total. The molecule has 90 valence electrons. The molecule has 4 heteroatoms. The molecule has 0 radical (unpaired) electrons. The van der Waals surface area contributed by atoms with Crippen LogP contribution >= 0.6 is 0 Å². The maximum Gasteiger partial charge on any atom is 0.0613 e. The molecule has 0 bridgehead atoms. The average Bonchev–Trinajstić information content (AvgIpc) is 2.83. The minimum Gasteiger partial charge on any atom is -0.394 e. The third-order valence-corrected chi connectivity index (χ3v) is 3.77.